The fourth-order valence-electron chi connectivity index (χ4n) is 0. The second-order valence-electron chi connectivity index (χ2n) is 0.292. The summed E-state index contributed by atoms with van der Waals surface area (Å²) in [4.78, 5) is 0. The van der Waals surface area contributed by atoms with Gasteiger partial charge in [-0.05, 0) is 0 Å². The van der Waals surface area contributed by atoms with Crippen molar-refractivity contribution in [2.45, 2.75) is 0 Å². The number of rotatable bonds is 0. The summed E-state index contributed by atoms with van der Waals surface area (Å²) in [5.41, 5.74) is 0. The van der Waals surface area contributed by atoms with Gasteiger partial charge in [0, 0.05) is 0 Å². The van der Waals surface area contributed by atoms with E-state index in [9.17, 15) is 0 Å². The molecule has 0 aliphatic carbocycles. The van der Waals surface area contributed by atoms with Crippen LogP contribution < -0.4 is 0 Å². The average molecular weight is 307 g/mol. The normalized spacial score (nSPS) is 3.00. The maximum absolute atomic E-state index is 7.68. The standard InChI is InChI=1S/CN.BrH.Hg/c1-2;;/h;1H;/q;;+1/p-1. The van der Waals surface area contributed by atoms with Crippen molar-refractivity contribution in [2.24, 2.45) is 0 Å². The van der Waals surface area contributed by atoms with E-state index in [1.807, 2.05) is 0 Å². The molecule has 0 aromatic heterocycles. The van der Waals surface area contributed by atoms with Crippen molar-refractivity contribution in [3.8, 4) is 3.58 Å². The van der Waals surface area contributed by atoms with Crippen LogP contribution in [0.4, 0.5) is 0 Å². The molecule has 0 rings (SSSR count). The summed E-state index contributed by atoms with van der Waals surface area (Å²) in [6, 6.07) is 0. The zero-order valence-electron chi connectivity index (χ0n) is 2.03. The summed E-state index contributed by atoms with van der Waals surface area (Å²) in [6.07, 6.45) is 0. The monoisotopic (exact) mass is 307 g/mol. The molecule has 0 N–H and O–H groups in total. The average Bonchev–Trinajstić information content (AvgIpc) is 1.37. The number of halogens is 1. The van der Waals surface area contributed by atoms with Gasteiger partial charge in [-0.1, -0.05) is 0 Å². The second-order valence-corrected chi connectivity index (χ2v) is 7.48. The second kappa shape index (κ2) is 3.91. The van der Waals surface area contributed by atoms with E-state index in [1.54, 1.807) is 0 Å². The SMILES string of the molecule is N#[C][Hg][Br]. The van der Waals surface area contributed by atoms with Crippen LogP contribution in [0.15, 0.2) is 0 Å². The molecular weight excluding hydrogens is 307 g/mol. The van der Waals surface area contributed by atoms with E-state index in [1.165, 1.54) is 0 Å². The molecule has 0 spiro atoms. The molecule has 0 heterocycles. The van der Waals surface area contributed by atoms with Crippen LogP contribution in [-0.4, -0.2) is 0 Å². The molecule has 0 bridgehead atoms. The molecule has 0 saturated heterocycles. The third-order valence-electron chi connectivity index (χ3n) is 0.0598. The Morgan fingerprint density at radius 1 is 2.00 bits per heavy atom. The predicted octanol–water partition coefficient (Wildman–Crippen LogP) is 0.860. The summed E-state index contributed by atoms with van der Waals surface area (Å²) in [6.45, 7) is 0. The van der Waals surface area contributed by atoms with E-state index in [0.29, 0.717) is 0 Å². The van der Waals surface area contributed by atoms with Crippen molar-refractivity contribution in [3.05, 3.63) is 0 Å². The van der Waals surface area contributed by atoms with Crippen LogP contribution in [0.2, 0.25) is 0 Å². The fraction of sp³-hybridized carbons (Fsp3) is 0. The first-order chi connectivity index (χ1) is 1.91. The Balaban J connectivity index is 2.43. The van der Waals surface area contributed by atoms with Gasteiger partial charge in [0.1, 0.15) is 0 Å². The van der Waals surface area contributed by atoms with Crippen molar-refractivity contribution in [1.29, 1.82) is 5.26 Å². The first-order valence-corrected chi connectivity index (χ1v) is 15.5. The van der Waals surface area contributed by atoms with Crippen LogP contribution >= 0.6 is 11.9 Å². The van der Waals surface area contributed by atoms with Crippen LogP contribution in [0.25, 0.3) is 0 Å². The van der Waals surface area contributed by atoms with E-state index >= 15 is 0 Å². The molecule has 0 aliphatic rings. The molecule has 18 valence electrons. The Morgan fingerprint density at radius 3 is 2.25 bits per heavy atom. The Kier molecular flexibility index (Phi) is 4.79. The number of hydrogen-bond donors (Lipinski definition) is 0. The summed E-state index contributed by atoms with van der Waals surface area (Å²) >= 11 is 2.11. The third kappa shape index (κ3) is 2.91. The molecule has 0 radical (unpaired) electrons. The first kappa shape index (κ1) is 4.91. The van der Waals surface area contributed by atoms with Crippen LogP contribution in [0.5, 0.6) is 0 Å². The zero-order valence-corrected chi connectivity index (χ0v) is 9.12. The van der Waals surface area contributed by atoms with Gasteiger partial charge in [-0.25, -0.2) is 0 Å². The molecule has 0 unspecified atom stereocenters. The van der Waals surface area contributed by atoms with Crippen molar-refractivity contribution in [2.75, 3.05) is 0 Å². The number of nitriles is 1. The van der Waals surface area contributed by atoms with Crippen LogP contribution in [0, 0.1) is 8.84 Å². The predicted molar refractivity (Wildman–Crippen MR) is 14.5 cm³/mol. The summed E-state index contributed by atoms with van der Waals surface area (Å²) in [7, 11) is 0. The topological polar surface area (TPSA) is 23.8 Å². The van der Waals surface area contributed by atoms with E-state index < -0.39 is 22.1 Å². The van der Waals surface area contributed by atoms with Crippen LogP contribution in [0.1, 0.15) is 0 Å². The molecule has 0 fully saturated rings. The molecule has 0 aromatic rings. The van der Waals surface area contributed by atoms with E-state index in [2.05, 4.69) is 15.5 Å². The van der Waals surface area contributed by atoms with Crippen molar-refractivity contribution in [1.82, 2.24) is 0 Å². The van der Waals surface area contributed by atoms with Gasteiger partial charge in [-0.3, -0.25) is 0 Å². The van der Waals surface area contributed by atoms with E-state index in [-0.39, 0.29) is 0 Å². The van der Waals surface area contributed by atoms with Gasteiger partial charge in [-0.2, -0.15) is 0 Å². The van der Waals surface area contributed by atoms with Crippen LogP contribution in [-0.2, 0) is 22.1 Å². The van der Waals surface area contributed by atoms with Gasteiger partial charge < -0.3 is 0 Å². The van der Waals surface area contributed by atoms with Gasteiger partial charge in [0.25, 0.3) is 0 Å². The summed E-state index contributed by atoms with van der Waals surface area (Å²) in [5, 5.41) is 7.68. The van der Waals surface area contributed by atoms with Gasteiger partial charge in [-0.15, -0.1) is 0 Å². The summed E-state index contributed by atoms with van der Waals surface area (Å²) < 4.78 is 2.07. The number of hydrogen-bond acceptors (Lipinski definition) is 1. The fourth-order valence-corrected chi connectivity index (χ4v) is 0. The van der Waals surface area contributed by atoms with Gasteiger partial charge >= 0.3 is 42.9 Å². The third-order valence-corrected chi connectivity index (χ3v) is 2.72. The molecule has 0 amide bonds. The van der Waals surface area contributed by atoms with E-state index in [0.717, 1.165) is 0 Å². The minimum absolute atomic E-state index is 0.995. The summed E-state index contributed by atoms with van der Waals surface area (Å²) in [5.74, 6) is 0. The molecule has 0 saturated carbocycles. The van der Waals surface area contributed by atoms with Gasteiger partial charge in [0.15, 0.2) is 0 Å². The minimum atomic E-state index is -0.995. The van der Waals surface area contributed by atoms with Crippen molar-refractivity contribution in [3.63, 3.8) is 0 Å². The molecule has 0 aromatic carbocycles. The van der Waals surface area contributed by atoms with E-state index in [4.69, 9.17) is 5.26 Å². The molecule has 1 nitrogen and oxygen atoms in total. The Morgan fingerprint density at radius 2 is 2.25 bits per heavy atom. The van der Waals surface area contributed by atoms with Crippen LogP contribution in [0.3, 0.4) is 0 Å². The van der Waals surface area contributed by atoms with Gasteiger partial charge in [0.05, 0.1) is 0 Å². The zero-order chi connectivity index (χ0) is 3.41. The molecule has 4 heavy (non-hydrogen) atoms. The Labute approximate surface area is 42.7 Å². The molecular formula is CBrHgN. The molecule has 0 atom stereocenters. The van der Waals surface area contributed by atoms with Crippen molar-refractivity contribution >= 4 is 11.9 Å². The van der Waals surface area contributed by atoms with Gasteiger partial charge in [0.2, 0.25) is 0 Å². The van der Waals surface area contributed by atoms with Crippen molar-refractivity contribution < 1.29 is 22.1 Å². The quantitative estimate of drug-likeness (QED) is 0.609. The molecule has 3 heteroatoms. The molecule has 0 aliphatic heterocycles. The Bertz CT molecular complexity index is 37.8. The Hall–Kier alpha value is 0.905. The maximum atomic E-state index is 7.68. The number of nitrogens with zero attached hydrogens (tertiary/aromatic N) is 1. The first-order valence-electron chi connectivity index (χ1n) is 0.844.